The largest absolute Gasteiger partial charge is 0.369 e. The summed E-state index contributed by atoms with van der Waals surface area (Å²) in [5.41, 5.74) is 7.84. The Morgan fingerprint density at radius 3 is 2.87 bits per heavy atom. The zero-order valence-corrected chi connectivity index (χ0v) is 9.54. The highest BCUT2D eigenvalue weighted by molar-refractivity contribution is 5.83. The van der Waals surface area contributed by atoms with Gasteiger partial charge in [-0.25, -0.2) is 4.99 Å². The number of aliphatic imine (C=N–C) groups is 2. The fourth-order valence-electron chi connectivity index (χ4n) is 1.17. The smallest absolute Gasteiger partial charge is 0.198 e. The first kappa shape index (κ1) is 11.5. The molecular weight excluding hydrogens is 188 g/mol. The van der Waals surface area contributed by atoms with E-state index in [1.165, 1.54) is 0 Å². The molecule has 1 heterocycles. The second kappa shape index (κ2) is 4.77. The van der Waals surface area contributed by atoms with E-state index in [9.17, 15) is 0 Å². The molecule has 4 nitrogen and oxygen atoms in total. The summed E-state index contributed by atoms with van der Waals surface area (Å²) in [4.78, 5) is 8.49. The number of nitrogens with one attached hydrogen (secondary N) is 1. The Labute approximate surface area is 90.7 Å². The van der Waals surface area contributed by atoms with Crippen molar-refractivity contribution < 1.29 is 0 Å². The normalized spacial score (nSPS) is 19.1. The lowest BCUT2D eigenvalue weighted by Gasteiger charge is -2.16. The lowest BCUT2D eigenvalue weighted by Crippen LogP contribution is -2.33. The molecule has 0 amide bonds. The standard InChI is InChI=1S/C11H18N4/c1-5-7(2)6-13-10-8(3)14-11(12)15-9(10)4/h6-7H,3,5H2,1-2,4H3,(H3,12,14,15)/b13-6-. The topological polar surface area (TPSA) is 62.8 Å². The fraction of sp³-hybridized carbons (Fsp3) is 0.455. The SMILES string of the molecule is C=C1NC(N)=NC(C)=C1/N=C\C(C)CC. The van der Waals surface area contributed by atoms with Gasteiger partial charge in [-0.15, -0.1) is 0 Å². The van der Waals surface area contributed by atoms with Crippen molar-refractivity contribution in [1.29, 1.82) is 0 Å². The second-order valence-corrected chi connectivity index (χ2v) is 3.70. The molecular formula is C11H18N4. The van der Waals surface area contributed by atoms with E-state index in [1.54, 1.807) is 0 Å². The van der Waals surface area contributed by atoms with Crippen molar-refractivity contribution in [2.45, 2.75) is 27.2 Å². The van der Waals surface area contributed by atoms with Gasteiger partial charge in [0.25, 0.3) is 0 Å². The number of guanidine groups is 1. The van der Waals surface area contributed by atoms with E-state index < -0.39 is 0 Å². The van der Waals surface area contributed by atoms with Crippen LogP contribution in [-0.4, -0.2) is 12.2 Å². The van der Waals surface area contributed by atoms with Crippen molar-refractivity contribution in [3.63, 3.8) is 0 Å². The maximum Gasteiger partial charge on any atom is 0.198 e. The number of hydrogen-bond acceptors (Lipinski definition) is 4. The van der Waals surface area contributed by atoms with Crippen LogP contribution >= 0.6 is 0 Å². The fourth-order valence-corrected chi connectivity index (χ4v) is 1.17. The Bertz CT molecular complexity index is 350. The highest BCUT2D eigenvalue weighted by atomic mass is 15.1. The number of allylic oxidation sites excluding steroid dienone is 1. The summed E-state index contributed by atoms with van der Waals surface area (Å²) < 4.78 is 0. The first-order valence-corrected chi connectivity index (χ1v) is 5.10. The minimum atomic E-state index is 0.375. The molecule has 0 saturated carbocycles. The maximum absolute atomic E-state index is 5.55. The van der Waals surface area contributed by atoms with Gasteiger partial charge in [0, 0.05) is 6.21 Å². The third kappa shape index (κ3) is 2.94. The Morgan fingerprint density at radius 1 is 1.67 bits per heavy atom. The maximum atomic E-state index is 5.55. The van der Waals surface area contributed by atoms with E-state index in [4.69, 9.17) is 5.73 Å². The molecule has 15 heavy (non-hydrogen) atoms. The molecule has 1 aliphatic heterocycles. The Kier molecular flexibility index (Phi) is 3.66. The molecule has 0 aromatic heterocycles. The molecule has 1 aliphatic rings. The van der Waals surface area contributed by atoms with Crippen molar-refractivity contribution in [3.05, 3.63) is 23.7 Å². The third-order valence-electron chi connectivity index (χ3n) is 2.30. The molecule has 0 aromatic carbocycles. The molecule has 0 fully saturated rings. The monoisotopic (exact) mass is 206 g/mol. The zero-order valence-electron chi connectivity index (χ0n) is 9.54. The van der Waals surface area contributed by atoms with Crippen LogP contribution in [0, 0.1) is 5.92 Å². The van der Waals surface area contributed by atoms with Crippen LogP contribution in [-0.2, 0) is 0 Å². The average Bonchev–Trinajstić information content (AvgIpc) is 2.15. The molecule has 82 valence electrons. The summed E-state index contributed by atoms with van der Waals surface area (Å²) >= 11 is 0. The molecule has 1 atom stereocenters. The van der Waals surface area contributed by atoms with Gasteiger partial charge in [0.15, 0.2) is 5.96 Å². The van der Waals surface area contributed by atoms with Gasteiger partial charge in [-0.2, -0.15) is 0 Å². The number of hydrogen-bond donors (Lipinski definition) is 2. The van der Waals surface area contributed by atoms with Crippen LogP contribution in [0.5, 0.6) is 0 Å². The molecule has 0 spiro atoms. The predicted octanol–water partition coefficient (Wildman–Crippen LogP) is 1.77. The van der Waals surface area contributed by atoms with E-state index in [0.29, 0.717) is 17.6 Å². The van der Waals surface area contributed by atoms with E-state index in [2.05, 4.69) is 35.7 Å². The van der Waals surface area contributed by atoms with Gasteiger partial charge in [-0.05, 0) is 19.3 Å². The van der Waals surface area contributed by atoms with E-state index in [-0.39, 0.29) is 0 Å². The number of nitrogens with zero attached hydrogens (tertiary/aromatic N) is 2. The predicted molar refractivity (Wildman–Crippen MR) is 64.5 cm³/mol. The molecule has 0 radical (unpaired) electrons. The molecule has 0 bridgehead atoms. The van der Waals surface area contributed by atoms with Crippen LogP contribution in [0.3, 0.4) is 0 Å². The molecule has 0 saturated heterocycles. The van der Waals surface area contributed by atoms with Crippen LogP contribution in [0.15, 0.2) is 33.7 Å². The van der Waals surface area contributed by atoms with Crippen molar-refractivity contribution in [2.24, 2.45) is 21.6 Å². The number of rotatable bonds is 3. The highest BCUT2D eigenvalue weighted by Gasteiger charge is 2.12. The third-order valence-corrected chi connectivity index (χ3v) is 2.30. The van der Waals surface area contributed by atoms with Gasteiger partial charge in [-0.3, -0.25) is 4.99 Å². The first-order chi connectivity index (χ1) is 7.04. The van der Waals surface area contributed by atoms with Crippen LogP contribution in [0.2, 0.25) is 0 Å². The first-order valence-electron chi connectivity index (χ1n) is 5.10. The summed E-state index contributed by atoms with van der Waals surface area (Å²) in [6, 6.07) is 0. The molecule has 1 unspecified atom stereocenters. The van der Waals surface area contributed by atoms with E-state index in [1.807, 2.05) is 13.1 Å². The van der Waals surface area contributed by atoms with Crippen LogP contribution in [0.1, 0.15) is 27.2 Å². The summed E-state index contributed by atoms with van der Waals surface area (Å²) in [5, 5.41) is 2.86. The second-order valence-electron chi connectivity index (χ2n) is 3.70. The average molecular weight is 206 g/mol. The molecule has 4 heteroatoms. The van der Waals surface area contributed by atoms with Crippen LogP contribution in [0.4, 0.5) is 0 Å². The van der Waals surface area contributed by atoms with E-state index >= 15 is 0 Å². The minimum Gasteiger partial charge on any atom is -0.369 e. The van der Waals surface area contributed by atoms with Crippen molar-refractivity contribution in [1.82, 2.24) is 5.32 Å². The quantitative estimate of drug-likeness (QED) is 0.691. The molecule has 0 aliphatic carbocycles. The lowest BCUT2D eigenvalue weighted by molar-refractivity contribution is 0.753. The minimum absolute atomic E-state index is 0.375. The van der Waals surface area contributed by atoms with Gasteiger partial charge in [0.05, 0.1) is 11.4 Å². The molecule has 0 aromatic rings. The summed E-state index contributed by atoms with van der Waals surface area (Å²) in [5.74, 6) is 0.835. The van der Waals surface area contributed by atoms with Gasteiger partial charge in [-0.1, -0.05) is 20.4 Å². The van der Waals surface area contributed by atoms with E-state index in [0.717, 1.165) is 17.8 Å². The highest BCUT2D eigenvalue weighted by Crippen LogP contribution is 2.17. The lowest BCUT2D eigenvalue weighted by atomic mass is 10.1. The number of nitrogens with two attached hydrogens (primary N) is 1. The van der Waals surface area contributed by atoms with Crippen LogP contribution < -0.4 is 11.1 Å². The Hall–Kier alpha value is -1.58. The zero-order chi connectivity index (χ0) is 11.4. The van der Waals surface area contributed by atoms with Gasteiger partial charge in [0.2, 0.25) is 0 Å². The molecule has 3 N–H and O–H groups in total. The van der Waals surface area contributed by atoms with Crippen molar-refractivity contribution in [2.75, 3.05) is 0 Å². The summed E-state index contributed by atoms with van der Waals surface area (Å²) in [6.45, 7) is 9.98. The van der Waals surface area contributed by atoms with Gasteiger partial charge >= 0.3 is 0 Å². The Balaban J connectivity index is 2.88. The summed E-state index contributed by atoms with van der Waals surface area (Å²) in [6.07, 6.45) is 2.99. The summed E-state index contributed by atoms with van der Waals surface area (Å²) in [7, 11) is 0. The Morgan fingerprint density at radius 2 is 2.33 bits per heavy atom. The van der Waals surface area contributed by atoms with Crippen molar-refractivity contribution >= 4 is 12.2 Å². The van der Waals surface area contributed by atoms with Gasteiger partial charge < -0.3 is 11.1 Å². The van der Waals surface area contributed by atoms with Crippen LogP contribution in [0.25, 0.3) is 0 Å². The van der Waals surface area contributed by atoms with Crippen molar-refractivity contribution in [3.8, 4) is 0 Å². The molecule has 1 rings (SSSR count). The van der Waals surface area contributed by atoms with Gasteiger partial charge in [0.1, 0.15) is 5.70 Å².